The lowest BCUT2D eigenvalue weighted by Crippen LogP contribution is -1.71. The van der Waals surface area contributed by atoms with Gasteiger partial charge in [0.15, 0.2) is 0 Å². The van der Waals surface area contributed by atoms with E-state index in [1.54, 1.807) is 12.8 Å². The fourth-order valence-electron chi connectivity index (χ4n) is 0.415. The van der Waals surface area contributed by atoms with Crippen molar-refractivity contribution in [2.45, 2.75) is 16.3 Å². The van der Waals surface area contributed by atoms with Gasteiger partial charge in [0, 0.05) is 3.42 Å². The molecule has 0 aromatic rings. The summed E-state index contributed by atoms with van der Waals surface area (Å²) in [5, 5.41) is 0. The molecule has 0 unspecified atom stereocenters. The second-order valence-electron chi connectivity index (χ2n) is 1.75. The number of hydrogen-bond donors (Lipinski definition) is 0. The Morgan fingerprint density at radius 1 is 1.60 bits per heavy atom. The molecule has 1 spiro atoms. The number of halogens is 1. The largest absolute Gasteiger partial charge is 0.114 e. The highest BCUT2D eigenvalue weighted by Crippen LogP contribution is 2.58. The fourth-order valence-corrected chi connectivity index (χ4v) is 2.37. The Morgan fingerprint density at radius 2 is 2.20 bits per heavy atom. The zero-order chi connectivity index (χ0) is 3.33. The van der Waals surface area contributed by atoms with Crippen LogP contribution in [-0.4, -0.2) is 7.43 Å². The van der Waals surface area contributed by atoms with E-state index in [9.17, 15) is 0 Å². The smallest absolute Gasteiger partial charge is 0.0404 e. The van der Waals surface area contributed by atoms with Crippen molar-refractivity contribution >= 4 is 24.7 Å². The van der Waals surface area contributed by atoms with Crippen LogP contribution in [0.15, 0.2) is 0 Å². The molecule has 0 nitrogen and oxygen atoms in total. The quantitative estimate of drug-likeness (QED) is 0.389. The van der Waals surface area contributed by atoms with E-state index >= 15 is 0 Å². The van der Waals surface area contributed by atoms with Gasteiger partial charge >= 0.3 is 0 Å². The van der Waals surface area contributed by atoms with Crippen LogP contribution in [0.3, 0.4) is 0 Å². The van der Waals surface area contributed by atoms with Crippen molar-refractivity contribution in [1.29, 1.82) is 0 Å². The molecule has 1 heteroatoms. The molecule has 1 heterocycles. The Bertz CT molecular complexity index is 81.8. The van der Waals surface area contributed by atoms with Crippen molar-refractivity contribution < 1.29 is 0 Å². The molecular formula is C4H5I. The van der Waals surface area contributed by atoms with Crippen LogP contribution in [0.4, 0.5) is 0 Å². The Labute approximate surface area is 41.3 Å². The normalized spacial score (nSPS) is 36.8. The third-order valence-corrected chi connectivity index (χ3v) is 4.61. The van der Waals surface area contributed by atoms with Gasteiger partial charge in [-0.2, -0.15) is 0 Å². The van der Waals surface area contributed by atoms with Gasteiger partial charge < -0.3 is 0 Å². The van der Waals surface area contributed by atoms with Crippen LogP contribution < -0.4 is 0 Å². The third-order valence-electron chi connectivity index (χ3n) is 1.15. The SMILES string of the molecule is C1=IC12CC2. The van der Waals surface area contributed by atoms with Crippen molar-refractivity contribution in [3.8, 4) is 0 Å². The zero-order valence-corrected chi connectivity index (χ0v) is 5.03. The van der Waals surface area contributed by atoms with Crippen LogP contribution >= 0.6 is 20.7 Å². The van der Waals surface area contributed by atoms with E-state index in [2.05, 4.69) is 4.01 Å². The summed E-state index contributed by atoms with van der Waals surface area (Å²) in [6.07, 6.45) is 3.11. The lowest BCUT2D eigenvalue weighted by Gasteiger charge is -1.62. The molecule has 0 atom stereocenters. The van der Waals surface area contributed by atoms with Crippen molar-refractivity contribution in [1.82, 2.24) is 0 Å². The number of alkyl halides is 1. The van der Waals surface area contributed by atoms with Crippen molar-refractivity contribution in [3.05, 3.63) is 0 Å². The van der Waals surface area contributed by atoms with Gasteiger partial charge in [-0.1, -0.05) is 0 Å². The molecule has 0 aromatic heterocycles. The van der Waals surface area contributed by atoms with Crippen LogP contribution in [0.5, 0.6) is 0 Å². The van der Waals surface area contributed by atoms with Crippen LogP contribution in [0.2, 0.25) is 0 Å². The fraction of sp³-hybridized carbons (Fsp3) is 0.750. The Hall–Kier alpha value is 0.600. The number of hydrogen-bond acceptors (Lipinski definition) is 0. The maximum atomic E-state index is 2.53. The second-order valence-corrected chi connectivity index (χ2v) is 5.15. The Balaban J connectivity index is 2.37. The highest BCUT2D eigenvalue weighted by atomic mass is 127. The summed E-state index contributed by atoms with van der Waals surface area (Å²) < 4.78 is 3.52. The molecule has 1 aliphatic heterocycles. The first-order valence-electron chi connectivity index (χ1n) is 1.90. The van der Waals surface area contributed by atoms with Crippen LogP contribution in [0, 0.1) is 0 Å². The second kappa shape index (κ2) is 0.531. The van der Waals surface area contributed by atoms with E-state index in [1.165, 1.54) is 0 Å². The summed E-state index contributed by atoms with van der Waals surface area (Å²) >= 11 is 0.680. The Morgan fingerprint density at radius 3 is 2.20 bits per heavy atom. The molecule has 0 N–H and O–H groups in total. The molecule has 5 heavy (non-hydrogen) atoms. The van der Waals surface area contributed by atoms with Gasteiger partial charge in [-0.15, -0.1) is 20.7 Å². The zero-order valence-electron chi connectivity index (χ0n) is 2.87. The minimum atomic E-state index is 0.680. The standard InChI is InChI=1S/C4H5I/c1-2-4(1)3-5-4/h3H,1-2H2. The van der Waals surface area contributed by atoms with Crippen LogP contribution in [0.1, 0.15) is 12.8 Å². The predicted molar refractivity (Wildman–Crippen MR) is 32.0 cm³/mol. The molecule has 0 radical (unpaired) electrons. The average Bonchev–Trinajstić information content (AvgIpc) is 2.17. The van der Waals surface area contributed by atoms with Gasteiger partial charge in [0.2, 0.25) is 0 Å². The summed E-state index contributed by atoms with van der Waals surface area (Å²) in [4.78, 5) is 0. The van der Waals surface area contributed by atoms with Crippen LogP contribution in [-0.2, 0) is 0 Å². The van der Waals surface area contributed by atoms with Gasteiger partial charge in [-0.05, 0) is 16.9 Å². The summed E-state index contributed by atoms with van der Waals surface area (Å²) in [5.41, 5.74) is 0. The average molecular weight is 180 g/mol. The van der Waals surface area contributed by atoms with Gasteiger partial charge in [0.25, 0.3) is 0 Å². The third kappa shape index (κ3) is 0.277. The van der Waals surface area contributed by atoms with Gasteiger partial charge in [-0.3, -0.25) is 0 Å². The lowest BCUT2D eigenvalue weighted by atomic mass is 10.5. The highest BCUT2D eigenvalue weighted by molar-refractivity contribution is 14.2. The molecule has 2 aliphatic rings. The molecule has 28 valence electrons. The molecule has 1 fully saturated rings. The van der Waals surface area contributed by atoms with E-state index in [-0.39, 0.29) is 0 Å². The van der Waals surface area contributed by atoms with Gasteiger partial charge in [0.1, 0.15) is 0 Å². The van der Waals surface area contributed by atoms with E-state index in [0.29, 0.717) is 20.7 Å². The summed E-state index contributed by atoms with van der Waals surface area (Å²) in [7, 11) is 0. The van der Waals surface area contributed by atoms with E-state index < -0.39 is 0 Å². The maximum absolute atomic E-state index is 2.53. The molecule has 1 saturated carbocycles. The van der Waals surface area contributed by atoms with Crippen molar-refractivity contribution in [2.75, 3.05) is 0 Å². The molecular weight excluding hydrogens is 175 g/mol. The molecule has 0 saturated heterocycles. The minimum absolute atomic E-state index is 0.680. The molecule has 0 aromatic carbocycles. The molecule has 0 bridgehead atoms. The first-order chi connectivity index (χ1) is 2.41. The first-order valence-corrected chi connectivity index (χ1v) is 4.23. The summed E-state index contributed by atoms with van der Waals surface area (Å²) in [6.45, 7) is 0. The van der Waals surface area contributed by atoms with E-state index in [4.69, 9.17) is 0 Å². The van der Waals surface area contributed by atoms with E-state index in [0.717, 1.165) is 3.42 Å². The first kappa shape index (κ1) is 2.72. The molecule has 1 aliphatic carbocycles. The highest BCUT2D eigenvalue weighted by Gasteiger charge is 2.47. The maximum Gasteiger partial charge on any atom is 0.0404 e. The lowest BCUT2D eigenvalue weighted by molar-refractivity contribution is 1.43. The Kier molecular flexibility index (Phi) is 0.289. The topological polar surface area (TPSA) is 0 Å². The summed E-state index contributed by atoms with van der Waals surface area (Å²) in [6, 6.07) is 0. The van der Waals surface area contributed by atoms with Gasteiger partial charge in [-0.25, -0.2) is 0 Å². The predicted octanol–water partition coefficient (Wildman–Crippen LogP) is 1.31. The molecule has 2 rings (SSSR count). The molecule has 0 amide bonds. The van der Waals surface area contributed by atoms with Crippen LogP contribution in [0.25, 0.3) is 0 Å². The summed E-state index contributed by atoms with van der Waals surface area (Å²) in [5.74, 6) is 0. The van der Waals surface area contributed by atoms with Crippen molar-refractivity contribution in [3.63, 3.8) is 0 Å². The monoisotopic (exact) mass is 180 g/mol. The van der Waals surface area contributed by atoms with Crippen molar-refractivity contribution in [2.24, 2.45) is 0 Å². The minimum Gasteiger partial charge on any atom is -0.114 e. The van der Waals surface area contributed by atoms with Gasteiger partial charge in [0.05, 0.1) is 0 Å². The van der Waals surface area contributed by atoms with E-state index in [1.807, 2.05) is 0 Å². The number of rotatable bonds is 0.